The van der Waals surface area contributed by atoms with Crippen LogP contribution in [0.2, 0.25) is 0 Å². The summed E-state index contributed by atoms with van der Waals surface area (Å²) >= 11 is 1.40. The molecule has 3 rings (SSSR count). The number of hydrogen-bond donors (Lipinski definition) is 0. The van der Waals surface area contributed by atoms with Gasteiger partial charge < -0.3 is 14.4 Å². The van der Waals surface area contributed by atoms with E-state index in [0.717, 1.165) is 43.9 Å². The van der Waals surface area contributed by atoms with Gasteiger partial charge in [0.1, 0.15) is 6.33 Å². The molecule has 1 aromatic rings. The van der Waals surface area contributed by atoms with Gasteiger partial charge in [-0.1, -0.05) is 18.7 Å². The molecule has 3 heterocycles. The van der Waals surface area contributed by atoms with Crippen molar-refractivity contribution in [3.63, 3.8) is 0 Å². The third kappa shape index (κ3) is 3.29. The lowest BCUT2D eigenvalue weighted by Crippen LogP contribution is -2.50. The zero-order valence-electron chi connectivity index (χ0n) is 14.4. The van der Waals surface area contributed by atoms with Crippen molar-refractivity contribution in [1.82, 2.24) is 24.6 Å². The Bertz CT molecular complexity index is 617. The average molecular weight is 351 g/mol. The Labute approximate surface area is 146 Å². The fraction of sp³-hybridized carbons (Fsp3) is 0.750. The van der Waals surface area contributed by atoms with E-state index in [-0.39, 0.29) is 17.2 Å². The Hall–Kier alpha value is -1.57. The Morgan fingerprint density at radius 2 is 2.21 bits per heavy atom. The van der Waals surface area contributed by atoms with Crippen LogP contribution >= 0.6 is 11.8 Å². The van der Waals surface area contributed by atoms with Crippen LogP contribution in [-0.4, -0.2) is 68.3 Å². The molecule has 2 aliphatic heterocycles. The number of likely N-dealkylation sites (tertiary alicyclic amines) is 2. The largest absolute Gasteiger partial charge is 0.342 e. The van der Waals surface area contributed by atoms with Gasteiger partial charge in [-0.2, -0.15) is 0 Å². The highest BCUT2D eigenvalue weighted by Gasteiger charge is 2.49. The number of nitrogens with zero attached hydrogens (tertiary/aromatic N) is 5. The number of piperidine rings is 1. The van der Waals surface area contributed by atoms with Crippen LogP contribution in [0.3, 0.4) is 0 Å². The van der Waals surface area contributed by atoms with E-state index in [2.05, 4.69) is 17.1 Å². The zero-order valence-corrected chi connectivity index (χ0v) is 15.2. The molecule has 0 bridgehead atoms. The molecule has 2 aliphatic rings. The highest BCUT2D eigenvalue weighted by molar-refractivity contribution is 7.99. The first-order valence-corrected chi connectivity index (χ1v) is 9.58. The monoisotopic (exact) mass is 351 g/mol. The second-order valence-electron chi connectivity index (χ2n) is 6.75. The van der Waals surface area contributed by atoms with Gasteiger partial charge in [-0.15, -0.1) is 10.2 Å². The van der Waals surface area contributed by atoms with Gasteiger partial charge in [0.2, 0.25) is 11.8 Å². The van der Waals surface area contributed by atoms with Crippen molar-refractivity contribution in [2.75, 3.05) is 31.9 Å². The van der Waals surface area contributed by atoms with E-state index in [1.165, 1.54) is 11.8 Å². The van der Waals surface area contributed by atoms with E-state index < -0.39 is 0 Å². The number of carbonyl (C=O) groups excluding carboxylic acids is 2. The lowest BCUT2D eigenvalue weighted by molar-refractivity contribution is -0.146. The van der Waals surface area contributed by atoms with E-state index in [0.29, 0.717) is 18.8 Å². The molecule has 0 N–H and O–H groups in total. The van der Waals surface area contributed by atoms with Gasteiger partial charge in [-0.05, 0) is 25.7 Å². The molecule has 0 aromatic carbocycles. The lowest BCUT2D eigenvalue weighted by Gasteiger charge is -2.39. The second kappa shape index (κ2) is 7.13. The van der Waals surface area contributed by atoms with Gasteiger partial charge in [0.05, 0.1) is 11.2 Å². The standard InChI is InChI=1S/C16H25N5O2S/c1-3-7-20-8-4-5-16(14(20)23)6-9-21(11-16)13(22)10-24-15-18-17-12-19(15)2/h12H,3-11H2,1-2H3. The Morgan fingerprint density at radius 3 is 2.92 bits per heavy atom. The van der Waals surface area contributed by atoms with Crippen LogP contribution in [0.25, 0.3) is 0 Å². The molecular weight excluding hydrogens is 326 g/mol. The maximum absolute atomic E-state index is 12.9. The third-order valence-electron chi connectivity index (χ3n) is 5.02. The second-order valence-corrected chi connectivity index (χ2v) is 7.70. The minimum Gasteiger partial charge on any atom is -0.342 e. The fourth-order valence-electron chi connectivity index (χ4n) is 3.72. The fourth-order valence-corrected chi connectivity index (χ4v) is 4.51. The average Bonchev–Trinajstić information content (AvgIpc) is 3.17. The van der Waals surface area contributed by atoms with Gasteiger partial charge in [-0.3, -0.25) is 9.59 Å². The molecule has 1 unspecified atom stereocenters. The summed E-state index contributed by atoms with van der Waals surface area (Å²) in [6.45, 7) is 5.05. The van der Waals surface area contributed by atoms with Crippen molar-refractivity contribution in [2.45, 2.75) is 37.8 Å². The normalized spacial score (nSPS) is 24.2. The predicted molar refractivity (Wildman–Crippen MR) is 91.5 cm³/mol. The number of amides is 2. The van der Waals surface area contributed by atoms with Gasteiger partial charge >= 0.3 is 0 Å². The van der Waals surface area contributed by atoms with Crippen LogP contribution in [-0.2, 0) is 16.6 Å². The molecule has 7 nitrogen and oxygen atoms in total. The SMILES string of the molecule is CCCN1CCCC2(CCN(C(=O)CSc3nncn3C)C2)C1=O. The first-order chi connectivity index (χ1) is 11.6. The molecule has 0 aliphatic carbocycles. The minimum atomic E-state index is -0.335. The van der Waals surface area contributed by atoms with E-state index in [1.807, 2.05) is 16.8 Å². The van der Waals surface area contributed by atoms with Crippen LogP contribution in [0.1, 0.15) is 32.6 Å². The molecule has 1 aromatic heterocycles. The van der Waals surface area contributed by atoms with Crippen molar-refractivity contribution in [1.29, 1.82) is 0 Å². The van der Waals surface area contributed by atoms with Crippen molar-refractivity contribution >= 4 is 23.6 Å². The molecular formula is C16H25N5O2S. The van der Waals surface area contributed by atoms with Crippen LogP contribution in [0.4, 0.5) is 0 Å². The van der Waals surface area contributed by atoms with Crippen LogP contribution < -0.4 is 0 Å². The van der Waals surface area contributed by atoms with E-state index in [1.54, 1.807) is 10.9 Å². The summed E-state index contributed by atoms with van der Waals surface area (Å²) in [5.41, 5.74) is -0.335. The maximum Gasteiger partial charge on any atom is 0.233 e. The molecule has 1 atom stereocenters. The van der Waals surface area contributed by atoms with Gasteiger partial charge in [-0.25, -0.2) is 0 Å². The van der Waals surface area contributed by atoms with Crippen molar-refractivity contribution in [2.24, 2.45) is 12.5 Å². The first-order valence-electron chi connectivity index (χ1n) is 8.60. The Balaban J connectivity index is 1.59. The van der Waals surface area contributed by atoms with Crippen LogP contribution in [0.15, 0.2) is 11.5 Å². The molecule has 2 saturated heterocycles. The lowest BCUT2D eigenvalue weighted by atomic mass is 9.78. The van der Waals surface area contributed by atoms with E-state index in [4.69, 9.17) is 0 Å². The number of aromatic nitrogens is 3. The van der Waals surface area contributed by atoms with Crippen molar-refractivity contribution < 1.29 is 9.59 Å². The van der Waals surface area contributed by atoms with Crippen LogP contribution in [0, 0.1) is 5.41 Å². The minimum absolute atomic E-state index is 0.0836. The third-order valence-corrected chi connectivity index (χ3v) is 6.04. The van der Waals surface area contributed by atoms with Crippen molar-refractivity contribution in [3.8, 4) is 0 Å². The number of hydrogen-bond acceptors (Lipinski definition) is 5. The molecule has 0 saturated carbocycles. The van der Waals surface area contributed by atoms with Gasteiger partial charge in [0.15, 0.2) is 5.16 Å². The molecule has 2 fully saturated rings. The number of aryl methyl sites for hydroxylation is 1. The molecule has 24 heavy (non-hydrogen) atoms. The summed E-state index contributed by atoms with van der Waals surface area (Å²) in [5, 5.41) is 8.54. The molecule has 1 spiro atoms. The number of rotatable bonds is 5. The quantitative estimate of drug-likeness (QED) is 0.745. The molecule has 132 valence electrons. The summed E-state index contributed by atoms with van der Waals surface area (Å²) in [6.07, 6.45) is 5.36. The molecule has 0 radical (unpaired) electrons. The highest BCUT2D eigenvalue weighted by Crippen LogP contribution is 2.40. The summed E-state index contributed by atoms with van der Waals surface area (Å²) in [7, 11) is 1.86. The van der Waals surface area contributed by atoms with Gasteiger partial charge in [0.25, 0.3) is 0 Å². The Kier molecular flexibility index (Phi) is 5.12. The Morgan fingerprint density at radius 1 is 1.38 bits per heavy atom. The molecule has 8 heteroatoms. The van der Waals surface area contributed by atoms with Crippen LogP contribution in [0.5, 0.6) is 0 Å². The highest BCUT2D eigenvalue weighted by atomic mass is 32.2. The number of carbonyl (C=O) groups is 2. The predicted octanol–water partition coefficient (Wildman–Crippen LogP) is 1.16. The number of thioether (sulfide) groups is 1. The maximum atomic E-state index is 12.9. The topological polar surface area (TPSA) is 71.3 Å². The van der Waals surface area contributed by atoms with E-state index >= 15 is 0 Å². The summed E-state index contributed by atoms with van der Waals surface area (Å²) in [4.78, 5) is 29.2. The summed E-state index contributed by atoms with van der Waals surface area (Å²) < 4.78 is 1.80. The zero-order chi connectivity index (χ0) is 17.2. The smallest absolute Gasteiger partial charge is 0.233 e. The first kappa shape index (κ1) is 17.3. The van der Waals surface area contributed by atoms with E-state index in [9.17, 15) is 9.59 Å². The van der Waals surface area contributed by atoms with Crippen molar-refractivity contribution in [3.05, 3.63) is 6.33 Å². The summed E-state index contributed by atoms with van der Waals surface area (Å²) in [5.74, 6) is 0.683. The van der Waals surface area contributed by atoms with Gasteiger partial charge in [0, 0.05) is 33.2 Å². The summed E-state index contributed by atoms with van der Waals surface area (Å²) in [6, 6.07) is 0. The molecule has 2 amide bonds.